The third-order valence-electron chi connectivity index (χ3n) is 5.15. The van der Waals surface area contributed by atoms with Crippen LogP contribution in [0.3, 0.4) is 0 Å². The Balaban J connectivity index is 1.76. The first kappa shape index (κ1) is 23.8. The number of carbonyl (C=O) groups is 1. The van der Waals surface area contributed by atoms with Gasteiger partial charge in [0.1, 0.15) is 22.6 Å². The van der Waals surface area contributed by atoms with E-state index in [0.717, 1.165) is 5.56 Å². The molecule has 0 aliphatic carbocycles. The number of nitrogens with zero attached hydrogens (tertiary/aromatic N) is 1. The summed E-state index contributed by atoms with van der Waals surface area (Å²) < 4.78 is 41.8. The normalized spacial score (nSPS) is 11.8. The highest BCUT2D eigenvalue weighted by atomic mass is 32.2. The molecule has 0 aliphatic heterocycles. The molecule has 1 aromatic heterocycles. The van der Waals surface area contributed by atoms with E-state index in [9.17, 15) is 13.2 Å². The number of ether oxygens (including phenoxy) is 2. The van der Waals surface area contributed by atoms with Crippen molar-refractivity contribution in [2.75, 3.05) is 19.5 Å². The van der Waals surface area contributed by atoms with Gasteiger partial charge in [-0.1, -0.05) is 35.9 Å². The van der Waals surface area contributed by atoms with Crippen LogP contribution in [-0.4, -0.2) is 28.5 Å². The van der Waals surface area contributed by atoms with Crippen LogP contribution in [0, 0.1) is 6.92 Å². The molecule has 0 bridgehead atoms. The lowest BCUT2D eigenvalue weighted by Gasteiger charge is -2.12. The number of hydrogen-bond acceptors (Lipinski definition) is 7. The second kappa shape index (κ2) is 9.90. The number of sulfonamides is 1. The van der Waals surface area contributed by atoms with Crippen molar-refractivity contribution in [1.82, 2.24) is 4.83 Å². The quantitative estimate of drug-likeness (QED) is 0.378. The van der Waals surface area contributed by atoms with Gasteiger partial charge in [-0.15, -0.1) is 5.10 Å². The van der Waals surface area contributed by atoms with E-state index in [0.29, 0.717) is 28.2 Å². The first-order chi connectivity index (χ1) is 16.8. The average molecular weight is 494 g/mol. The lowest BCUT2D eigenvalue weighted by molar-refractivity contribution is 0.102. The molecule has 0 spiro atoms. The standard InChI is InChI=1S/C25H23N3O6S/c1-16-8-11-19(12-9-16)35(30,31)28-27-25-20(14-17-6-4-5-7-22(17)34-25)24(29)26-21-15-18(32-2)10-13-23(21)33-3/h4-15,28H,1-3H3,(H,26,29)/b27-25-. The third-order valence-corrected chi connectivity index (χ3v) is 6.38. The molecule has 2 N–H and O–H groups in total. The van der Waals surface area contributed by atoms with Crippen LogP contribution in [0.2, 0.25) is 0 Å². The molecule has 9 nitrogen and oxygen atoms in total. The van der Waals surface area contributed by atoms with E-state index in [2.05, 4.69) is 15.2 Å². The zero-order valence-corrected chi connectivity index (χ0v) is 20.0. The smallest absolute Gasteiger partial charge is 0.276 e. The number of rotatable bonds is 7. The van der Waals surface area contributed by atoms with Gasteiger partial charge in [0.15, 0.2) is 0 Å². The molecule has 1 heterocycles. The summed E-state index contributed by atoms with van der Waals surface area (Å²) in [6, 6.07) is 19.8. The number of fused-ring (bicyclic) bond motifs is 1. The Kier molecular flexibility index (Phi) is 6.74. The number of benzene rings is 3. The van der Waals surface area contributed by atoms with Gasteiger partial charge in [0.2, 0.25) is 5.55 Å². The van der Waals surface area contributed by atoms with Crippen molar-refractivity contribution in [2.24, 2.45) is 5.10 Å². The fraction of sp³-hybridized carbons (Fsp3) is 0.120. The van der Waals surface area contributed by atoms with Crippen molar-refractivity contribution in [2.45, 2.75) is 11.8 Å². The van der Waals surface area contributed by atoms with Gasteiger partial charge in [-0.3, -0.25) is 4.79 Å². The van der Waals surface area contributed by atoms with Gasteiger partial charge in [0.25, 0.3) is 15.9 Å². The fourth-order valence-electron chi connectivity index (χ4n) is 3.29. The number of nitrogens with one attached hydrogen (secondary N) is 2. The first-order valence-electron chi connectivity index (χ1n) is 10.5. The van der Waals surface area contributed by atoms with Crippen LogP contribution in [-0.2, 0) is 10.0 Å². The molecule has 4 rings (SSSR count). The predicted octanol–water partition coefficient (Wildman–Crippen LogP) is 3.80. The molecule has 0 unspecified atom stereocenters. The Morgan fingerprint density at radius 1 is 0.943 bits per heavy atom. The summed E-state index contributed by atoms with van der Waals surface area (Å²) in [5.41, 5.74) is 1.50. The van der Waals surface area contributed by atoms with Crippen LogP contribution in [0.25, 0.3) is 11.0 Å². The maximum atomic E-state index is 13.3. The van der Waals surface area contributed by atoms with Crippen LogP contribution in [0.5, 0.6) is 11.5 Å². The predicted molar refractivity (Wildman–Crippen MR) is 131 cm³/mol. The van der Waals surface area contributed by atoms with Crippen molar-refractivity contribution in [3.05, 3.63) is 89.5 Å². The maximum absolute atomic E-state index is 13.3. The Morgan fingerprint density at radius 2 is 1.69 bits per heavy atom. The van der Waals surface area contributed by atoms with Gasteiger partial charge in [-0.25, -0.2) is 0 Å². The minimum Gasteiger partial charge on any atom is -0.497 e. The lowest BCUT2D eigenvalue weighted by atomic mass is 10.1. The molecule has 0 atom stereocenters. The SMILES string of the molecule is COc1ccc(OC)c(NC(=O)c2cc3ccccc3o/c2=N\NS(=O)(=O)c2ccc(C)cc2)c1. The number of aryl methyl sites for hydroxylation is 1. The van der Waals surface area contributed by atoms with E-state index in [1.165, 1.54) is 26.4 Å². The van der Waals surface area contributed by atoms with Crippen LogP contribution in [0.15, 0.2) is 87.2 Å². The van der Waals surface area contributed by atoms with E-state index >= 15 is 0 Å². The summed E-state index contributed by atoms with van der Waals surface area (Å²) in [5.74, 6) is 0.342. The Hall–Kier alpha value is -4.31. The summed E-state index contributed by atoms with van der Waals surface area (Å²) in [6.07, 6.45) is 0. The monoisotopic (exact) mass is 493 g/mol. The molecular weight excluding hydrogens is 470 g/mol. The second-order valence-corrected chi connectivity index (χ2v) is 9.20. The van der Waals surface area contributed by atoms with Crippen molar-refractivity contribution in [1.29, 1.82) is 0 Å². The van der Waals surface area contributed by atoms with Crippen LogP contribution < -0.4 is 25.2 Å². The van der Waals surface area contributed by atoms with E-state index in [1.54, 1.807) is 60.7 Å². The van der Waals surface area contributed by atoms with E-state index in [4.69, 9.17) is 13.9 Å². The largest absolute Gasteiger partial charge is 0.497 e. The number of methoxy groups -OCH3 is 2. The van der Waals surface area contributed by atoms with Crippen molar-refractivity contribution in [3.8, 4) is 11.5 Å². The van der Waals surface area contributed by atoms with Gasteiger partial charge in [0, 0.05) is 11.5 Å². The third kappa shape index (κ3) is 5.28. The summed E-state index contributed by atoms with van der Waals surface area (Å²) in [6.45, 7) is 1.85. The number of hydrogen-bond donors (Lipinski definition) is 2. The molecule has 0 radical (unpaired) electrons. The molecular formula is C25H23N3O6S. The number of para-hydroxylation sites is 1. The van der Waals surface area contributed by atoms with E-state index in [1.807, 2.05) is 6.92 Å². The summed E-state index contributed by atoms with van der Waals surface area (Å²) in [4.78, 5) is 15.5. The minimum absolute atomic E-state index is 0.0141. The zero-order chi connectivity index (χ0) is 25.0. The number of amides is 1. The van der Waals surface area contributed by atoms with Gasteiger partial charge in [-0.05, 0) is 43.3 Å². The summed E-state index contributed by atoms with van der Waals surface area (Å²) >= 11 is 0. The molecule has 0 saturated carbocycles. The highest BCUT2D eigenvalue weighted by Gasteiger charge is 2.17. The van der Waals surface area contributed by atoms with Crippen molar-refractivity contribution < 1.29 is 27.1 Å². The molecule has 180 valence electrons. The molecule has 1 amide bonds. The van der Waals surface area contributed by atoms with Crippen LogP contribution >= 0.6 is 0 Å². The van der Waals surface area contributed by atoms with Crippen LogP contribution in [0.1, 0.15) is 15.9 Å². The van der Waals surface area contributed by atoms with E-state index in [-0.39, 0.29) is 16.0 Å². The Labute approximate surface area is 202 Å². The van der Waals surface area contributed by atoms with Crippen molar-refractivity contribution >= 4 is 32.6 Å². The average Bonchev–Trinajstić information content (AvgIpc) is 2.87. The molecule has 4 aromatic rings. The Bertz CT molecular complexity index is 1560. The highest BCUT2D eigenvalue weighted by Crippen LogP contribution is 2.29. The Morgan fingerprint density at radius 3 is 2.40 bits per heavy atom. The fourth-order valence-corrected chi connectivity index (χ4v) is 4.09. The zero-order valence-electron chi connectivity index (χ0n) is 19.2. The molecule has 35 heavy (non-hydrogen) atoms. The number of anilines is 1. The maximum Gasteiger partial charge on any atom is 0.276 e. The molecule has 10 heteroatoms. The van der Waals surface area contributed by atoms with Gasteiger partial charge < -0.3 is 19.2 Å². The topological polar surface area (TPSA) is 119 Å². The first-order valence-corrected chi connectivity index (χ1v) is 12.0. The summed E-state index contributed by atoms with van der Waals surface area (Å²) in [5, 5.41) is 7.33. The molecule has 0 saturated heterocycles. The summed E-state index contributed by atoms with van der Waals surface area (Å²) in [7, 11) is -1.01. The molecule has 3 aromatic carbocycles. The van der Waals surface area contributed by atoms with Crippen molar-refractivity contribution in [3.63, 3.8) is 0 Å². The number of carbonyl (C=O) groups excluding carboxylic acids is 1. The van der Waals surface area contributed by atoms with Gasteiger partial charge in [0.05, 0.1) is 24.8 Å². The minimum atomic E-state index is -3.99. The van der Waals surface area contributed by atoms with Crippen LogP contribution in [0.4, 0.5) is 5.69 Å². The lowest BCUT2D eigenvalue weighted by Crippen LogP contribution is -2.27. The second-order valence-electron chi connectivity index (χ2n) is 7.54. The molecule has 0 fully saturated rings. The van der Waals surface area contributed by atoms with E-state index < -0.39 is 15.9 Å². The molecule has 0 aliphatic rings. The highest BCUT2D eigenvalue weighted by molar-refractivity contribution is 7.89. The van der Waals surface area contributed by atoms with Gasteiger partial charge in [-0.2, -0.15) is 13.2 Å². The van der Waals surface area contributed by atoms with Gasteiger partial charge >= 0.3 is 0 Å².